The topological polar surface area (TPSA) is 52.6 Å². The van der Waals surface area contributed by atoms with E-state index in [1.807, 2.05) is 11.8 Å². The summed E-state index contributed by atoms with van der Waals surface area (Å²) < 4.78 is 0. The summed E-state index contributed by atoms with van der Waals surface area (Å²) in [6.07, 6.45) is 4.27. The summed E-state index contributed by atoms with van der Waals surface area (Å²) in [5.74, 6) is 0.0653. The predicted octanol–water partition coefficient (Wildman–Crippen LogP) is 1.39. The summed E-state index contributed by atoms with van der Waals surface area (Å²) in [4.78, 5) is 13.8. The molecule has 0 spiro atoms. The summed E-state index contributed by atoms with van der Waals surface area (Å²) in [6.45, 7) is 8.24. The lowest BCUT2D eigenvalue weighted by Crippen LogP contribution is -2.42. The van der Waals surface area contributed by atoms with Crippen LogP contribution in [0.25, 0.3) is 0 Å². The Hall–Kier alpha value is -0.610. The van der Waals surface area contributed by atoms with Crippen LogP contribution in [-0.2, 0) is 4.79 Å². The number of aliphatic hydroxyl groups excluding tert-OH is 1. The van der Waals surface area contributed by atoms with Gasteiger partial charge in [-0.25, -0.2) is 0 Å². The molecule has 0 fully saturated rings. The average Bonchev–Trinajstić information content (AvgIpc) is 2.26. The highest BCUT2D eigenvalue weighted by Crippen LogP contribution is 1.97. The lowest BCUT2D eigenvalue weighted by molar-refractivity contribution is -0.123. The molecule has 0 aliphatic rings. The van der Waals surface area contributed by atoms with Crippen LogP contribution in [0, 0.1) is 0 Å². The Bertz CT molecular complexity index is 198. The van der Waals surface area contributed by atoms with Gasteiger partial charge in [0.2, 0.25) is 5.91 Å². The van der Waals surface area contributed by atoms with Gasteiger partial charge in [-0.15, -0.1) is 0 Å². The Kier molecular flexibility index (Phi) is 10.2. The highest BCUT2D eigenvalue weighted by atomic mass is 16.3. The minimum atomic E-state index is 0.0653. The summed E-state index contributed by atoms with van der Waals surface area (Å²) in [7, 11) is 0. The number of nitrogens with zero attached hydrogens (tertiary/aromatic N) is 1. The fourth-order valence-electron chi connectivity index (χ4n) is 1.82. The number of carbonyl (C=O) groups excluding carboxylic acids is 1. The van der Waals surface area contributed by atoms with E-state index in [4.69, 9.17) is 5.11 Å². The first-order chi connectivity index (χ1) is 8.13. The maximum atomic E-state index is 11.7. The van der Waals surface area contributed by atoms with Gasteiger partial charge in [-0.05, 0) is 26.3 Å². The molecule has 0 heterocycles. The molecule has 1 unspecified atom stereocenters. The molecule has 17 heavy (non-hydrogen) atoms. The Morgan fingerprint density at radius 2 is 2.00 bits per heavy atom. The fraction of sp³-hybridized carbons (Fsp3) is 0.923. The molecule has 102 valence electrons. The molecule has 4 heteroatoms. The lowest BCUT2D eigenvalue weighted by atomic mass is 10.2. The molecule has 0 rings (SSSR count). The zero-order valence-corrected chi connectivity index (χ0v) is 11.5. The predicted molar refractivity (Wildman–Crippen MR) is 70.9 cm³/mol. The first kappa shape index (κ1) is 16.4. The molecule has 1 atom stereocenters. The van der Waals surface area contributed by atoms with Crippen molar-refractivity contribution in [3.8, 4) is 0 Å². The molecule has 0 radical (unpaired) electrons. The van der Waals surface area contributed by atoms with Crippen molar-refractivity contribution in [3.63, 3.8) is 0 Å². The maximum absolute atomic E-state index is 11.7. The molecule has 0 aliphatic heterocycles. The van der Waals surface area contributed by atoms with Crippen molar-refractivity contribution in [2.45, 2.75) is 52.5 Å². The van der Waals surface area contributed by atoms with Crippen LogP contribution in [0.3, 0.4) is 0 Å². The van der Waals surface area contributed by atoms with E-state index in [-0.39, 0.29) is 18.6 Å². The van der Waals surface area contributed by atoms with Crippen LogP contribution in [0.1, 0.15) is 46.5 Å². The zero-order valence-electron chi connectivity index (χ0n) is 11.5. The van der Waals surface area contributed by atoms with Gasteiger partial charge >= 0.3 is 0 Å². The van der Waals surface area contributed by atoms with Crippen molar-refractivity contribution in [2.24, 2.45) is 0 Å². The van der Waals surface area contributed by atoms with Crippen LogP contribution in [0.2, 0.25) is 0 Å². The molecule has 0 aromatic heterocycles. The molecule has 0 bridgehead atoms. The lowest BCUT2D eigenvalue weighted by Gasteiger charge is -2.21. The van der Waals surface area contributed by atoms with E-state index in [9.17, 15) is 4.79 Å². The number of amides is 1. The molecule has 2 N–H and O–H groups in total. The fourth-order valence-corrected chi connectivity index (χ4v) is 1.82. The molecule has 0 aromatic rings. The van der Waals surface area contributed by atoms with Gasteiger partial charge in [-0.1, -0.05) is 26.7 Å². The highest BCUT2D eigenvalue weighted by Gasteiger charge is 2.11. The van der Waals surface area contributed by atoms with E-state index in [1.165, 1.54) is 0 Å². The van der Waals surface area contributed by atoms with Crippen LogP contribution >= 0.6 is 0 Å². The zero-order chi connectivity index (χ0) is 13.1. The summed E-state index contributed by atoms with van der Waals surface area (Å²) in [6, 6.07) is 0.245. The average molecular weight is 244 g/mol. The third kappa shape index (κ3) is 9.12. The third-order valence-electron chi connectivity index (χ3n) is 2.74. The standard InChI is InChI=1S/C13H28N2O2/c1-4-6-8-15(9-10-16)11-13(17)14-12(3)7-5-2/h12,16H,4-11H2,1-3H3,(H,14,17). The monoisotopic (exact) mass is 244 g/mol. The molecule has 0 aromatic carbocycles. The van der Waals surface area contributed by atoms with E-state index in [0.29, 0.717) is 13.1 Å². The van der Waals surface area contributed by atoms with Gasteiger partial charge in [0.15, 0.2) is 0 Å². The quantitative estimate of drug-likeness (QED) is 0.610. The van der Waals surface area contributed by atoms with E-state index < -0.39 is 0 Å². The molecule has 0 aliphatic carbocycles. The van der Waals surface area contributed by atoms with Gasteiger partial charge < -0.3 is 10.4 Å². The summed E-state index contributed by atoms with van der Waals surface area (Å²) in [5.41, 5.74) is 0. The Morgan fingerprint density at radius 3 is 2.53 bits per heavy atom. The normalized spacial score (nSPS) is 12.8. The minimum Gasteiger partial charge on any atom is -0.395 e. The molecule has 1 amide bonds. The number of aliphatic hydroxyl groups is 1. The molecular formula is C13H28N2O2. The SMILES string of the molecule is CCCCN(CCO)CC(=O)NC(C)CCC. The second-order valence-corrected chi connectivity index (χ2v) is 4.61. The van der Waals surface area contributed by atoms with Crippen LogP contribution < -0.4 is 5.32 Å². The van der Waals surface area contributed by atoms with Crippen molar-refractivity contribution in [1.82, 2.24) is 10.2 Å². The molecular weight excluding hydrogens is 216 g/mol. The Morgan fingerprint density at radius 1 is 1.29 bits per heavy atom. The van der Waals surface area contributed by atoms with Crippen molar-refractivity contribution in [2.75, 3.05) is 26.2 Å². The number of nitrogens with one attached hydrogen (secondary N) is 1. The van der Waals surface area contributed by atoms with E-state index in [0.717, 1.165) is 32.2 Å². The van der Waals surface area contributed by atoms with Gasteiger partial charge in [0.1, 0.15) is 0 Å². The third-order valence-corrected chi connectivity index (χ3v) is 2.74. The molecule has 4 nitrogen and oxygen atoms in total. The second kappa shape index (κ2) is 10.5. The van der Waals surface area contributed by atoms with Crippen LogP contribution in [-0.4, -0.2) is 48.2 Å². The highest BCUT2D eigenvalue weighted by molar-refractivity contribution is 5.78. The van der Waals surface area contributed by atoms with Gasteiger partial charge in [0.05, 0.1) is 13.2 Å². The summed E-state index contributed by atoms with van der Waals surface area (Å²) >= 11 is 0. The summed E-state index contributed by atoms with van der Waals surface area (Å²) in [5, 5.41) is 11.9. The van der Waals surface area contributed by atoms with E-state index >= 15 is 0 Å². The van der Waals surface area contributed by atoms with Gasteiger partial charge in [0.25, 0.3) is 0 Å². The molecule has 0 saturated carbocycles. The number of hydrogen-bond acceptors (Lipinski definition) is 3. The van der Waals surface area contributed by atoms with Gasteiger partial charge in [-0.2, -0.15) is 0 Å². The Labute approximate surface area is 105 Å². The molecule has 0 saturated heterocycles. The van der Waals surface area contributed by atoms with Crippen molar-refractivity contribution >= 4 is 5.91 Å². The largest absolute Gasteiger partial charge is 0.395 e. The smallest absolute Gasteiger partial charge is 0.234 e. The van der Waals surface area contributed by atoms with Crippen molar-refractivity contribution in [1.29, 1.82) is 0 Å². The Balaban J connectivity index is 3.93. The van der Waals surface area contributed by atoms with E-state index in [1.54, 1.807) is 0 Å². The maximum Gasteiger partial charge on any atom is 0.234 e. The van der Waals surface area contributed by atoms with Crippen molar-refractivity contribution < 1.29 is 9.90 Å². The van der Waals surface area contributed by atoms with Crippen LogP contribution in [0.4, 0.5) is 0 Å². The van der Waals surface area contributed by atoms with Crippen LogP contribution in [0.15, 0.2) is 0 Å². The first-order valence-corrected chi connectivity index (χ1v) is 6.76. The van der Waals surface area contributed by atoms with Crippen LogP contribution in [0.5, 0.6) is 0 Å². The first-order valence-electron chi connectivity index (χ1n) is 6.76. The number of carbonyl (C=O) groups is 1. The minimum absolute atomic E-state index is 0.0653. The number of rotatable bonds is 10. The second-order valence-electron chi connectivity index (χ2n) is 4.61. The number of unbranched alkanes of at least 4 members (excludes halogenated alkanes) is 1. The van der Waals surface area contributed by atoms with E-state index in [2.05, 4.69) is 19.2 Å². The van der Waals surface area contributed by atoms with Gasteiger partial charge in [-0.3, -0.25) is 9.69 Å². The number of hydrogen-bond donors (Lipinski definition) is 2. The van der Waals surface area contributed by atoms with Gasteiger partial charge in [0, 0.05) is 12.6 Å². The van der Waals surface area contributed by atoms with Crippen molar-refractivity contribution in [3.05, 3.63) is 0 Å².